The highest BCUT2D eigenvalue weighted by Gasteiger charge is 2.05. The molecule has 18 heavy (non-hydrogen) atoms. The summed E-state index contributed by atoms with van der Waals surface area (Å²) in [6.07, 6.45) is 0. The number of ether oxygens (including phenoxy) is 1. The number of benzene rings is 2. The number of rotatable bonds is 4. The van der Waals surface area contributed by atoms with Gasteiger partial charge < -0.3 is 10.1 Å². The summed E-state index contributed by atoms with van der Waals surface area (Å²) in [7, 11) is 1.88. The second kappa shape index (κ2) is 5.98. The Hall–Kier alpha value is -1.39. The highest BCUT2D eigenvalue weighted by Crippen LogP contribution is 2.27. The highest BCUT2D eigenvalue weighted by atomic mass is 79.9. The van der Waals surface area contributed by atoms with Crippen molar-refractivity contribution in [2.75, 3.05) is 7.05 Å². The molecule has 0 saturated heterocycles. The molecular formula is C14H13BrFNO. The van der Waals surface area contributed by atoms with Crippen LogP contribution in [0.15, 0.2) is 46.9 Å². The Balaban J connectivity index is 2.22. The molecule has 0 atom stereocenters. The molecule has 0 aliphatic heterocycles. The van der Waals surface area contributed by atoms with E-state index in [9.17, 15) is 4.39 Å². The van der Waals surface area contributed by atoms with Crippen molar-refractivity contribution in [1.82, 2.24) is 5.32 Å². The predicted octanol–water partition coefficient (Wildman–Crippen LogP) is 4.10. The minimum absolute atomic E-state index is 0.214. The minimum atomic E-state index is -0.378. The van der Waals surface area contributed by atoms with Crippen molar-refractivity contribution in [3.8, 4) is 11.5 Å². The fourth-order valence-electron chi connectivity index (χ4n) is 1.61. The largest absolute Gasteiger partial charge is 0.454 e. The molecule has 2 aromatic rings. The molecule has 0 aliphatic carbocycles. The lowest BCUT2D eigenvalue weighted by Gasteiger charge is -2.08. The molecule has 0 fully saturated rings. The predicted molar refractivity (Wildman–Crippen MR) is 73.4 cm³/mol. The number of hydrogen-bond acceptors (Lipinski definition) is 2. The Morgan fingerprint density at radius 3 is 2.83 bits per heavy atom. The van der Waals surface area contributed by atoms with Gasteiger partial charge in [0.1, 0.15) is 5.75 Å². The Morgan fingerprint density at radius 1 is 1.22 bits per heavy atom. The molecule has 2 nitrogen and oxygen atoms in total. The Kier molecular flexibility index (Phi) is 4.33. The van der Waals surface area contributed by atoms with Crippen LogP contribution in [0.2, 0.25) is 0 Å². The Labute approximate surface area is 114 Å². The van der Waals surface area contributed by atoms with E-state index in [4.69, 9.17) is 4.74 Å². The van der Waals surface area contributed by atoms with Gasteiger partial charge in [0.2, 0.25) is 0 Å². The molecule has 0 aromatic heterocycles. The summed E-state index contributed by atoms with van der Waals surface area (Å²) < 4.78 is 19.9. The third-order valence-corrected chi connectivity index (χ3v) is 2.89. The summed E-state index contributed by atoms with van der Waals surface area (Å²) in [5, 5.41) is 3.06. The number of nitrogens with one attached hydrogen (secondary N) is 1. The van der Waals surface area contributed by atoms with Gasteiger partial charge in [0.25, 0.3) is 0 Å². The van der Waals surface area contributed by atoms with Gasteiger partial charge in [-0.25, -0.2) is 4.39 Å². The van der Waals surface area contributed by atoms with Crippen molar-refractivity contribution in [2.45, 2.75) is 6.54 Å². The maximum absolute atomic E-state index is 13.5. The van der Waals surface area contributed by atoms with Gasteiger partial charge in [-0.3, -0.25) is 0 Å². The minimum Gasteiger partial charge on any atom is -0.454 e. The summed E-state index contributed by atoms with van der Waals surface area (Å²) in [5.74, 6) is 0.461. The summed E-state index contributed by atoms with van der Waals surface area (Å²) in [5.41, 5.74) is 1.09. The first-order valence-corrected chi connectivity index (χ1v) is 6.35. The first-order valence-electron chi connectivity index (χ1n) is 5.55. The Bertz CT molecular complexity index is 545. The SMILES string of the molecule is CNCc1cccc(Oc2cc(Br)ccc2F)c1. The van der Waals surface area contributed by atoms with Crippen LogP contribution in [0.25, 0.3) is 0 Å². The topological polar surface area (TPSA) is 21.3 Å². The average Bonchev–Trinajstić information content (AvgIpc) is 2.35. The lowest BCUT2D eigenvalue weighted by molar-refractivity contribution is 0.441. The van der Waals surface area contributed by atoms with E-state index in [0.29, 0.717) is 5.75 Å². The second-order valence-electron chi connectivity index (χ2n) is 3.85. The molecule has 4 heteroatoms. The molecule has 1 N–H and O–H groups in total. The van der Waals surface area contributed by atoms with Crippen LogP contribution in [0.1, 0.15) is 5.56 Å². The summed E-state index contributed by atoms with van der Waals surface area (Å²) in [4.78, 5) is 0. The quantitative estimate of drug-likeness (QED) is 0.918. The van der Waals surface area contributed by atoms with E-state index in [-0.39, 0.29) is 11.6 Å². The summed E-state index contributed by atoms with van der Waals surface area (Å²) in [6, 6.07) is 12.2. The third kappa shape index (κ3) is 3.31. The number of hydrogen-bond donors (Lipinski definition) is 1. The van der Waals surface area contributed by atoms with Crippen LogP contribution in [0.5, 0.6) is 11.5 Å². The zero-order valence-corrected chi connectivity index (χ0v) is 11.5. The zero-order chi connectivity index (χ0) is 13.0. The van der Waals surface area contributed by atoms with E-state index in [1.807, 2.05) is 25.2 Å². The van der Waals surface area contributed by atoms with Crippen molar-refractivity contribution in [2.24, 2.45) is 0 Å². The highest BCUT2D eigenvalue weighted by molar-refractivity contribution is 9.10. The number of halogens is 2. The Morgan fingerprint density at radius 2 is 2.06 bits per heavy atom. The fraction of sp³-hybridized carbons (Fsp3) is 0.143. The van der Waals surface area contributed by atoms with Gasteiger partial charge in [0.15, 0.2) is 11.6 Å². The maximum Gasteiger partial charge on any atom is 0.165 e. The maximum atomic E-state index is 13.5. The van der Waals surface area contributed by atoms with Crippen LogP contribution in [0.3, 0.4) is 0 Å². The lowest BCUT2D eigenvalue weighted by atomic mass is 10.2. The van der Waals surface area contributed by atoms with Crippen LogP contribution in [-0.2, 0) is 6.54 Å². The molecule has 2 rings (SSSR count). The summed E-state index contributed by atoms with van der Waals surface area (Å²) >= 11 is 3.29. The molecule has 0 aliphatic rings. The molecule has 94 valence electrons. The van der Waals surface area contributed by atoms with Crippen molar-refractivity contribution in [3.05, 3.63) is 58.3 Å². The van der Waals surface area contributed by atoms with E-state index < -0.39 is 0 Å². The van der Waals surface area contributed by atoms with Crippen LogP contribution in [0, 0.1) is 5.82 Å². The van der Waals surface area contributed by atoms with Crippen LogP contribution >= 0.6 is 15.9 Å². The van der Waals surface area contributed by atoms with Gasteiger partial charge in [0.05, 0.1) is 0 Å². The summed E-state index contributed by atoms with van der Waals surface area (Å²) in [6.45, 7) is 0.748. The van der Waals surface area contributed by atoms with E-state index in [1.165, 1.54) is 6.07 Å². The van der Waals surface area contributed by atoms with Crippen LogP contribution in [-0.4, -0.2) is 7.05 Å². The van der Waals surface area contributed by atoms with E-state index in [2.05, 4.69) is 21.2 Å². The van der Waals surface area contributed by atoms with Crippen molar-refractivity contribution in [1.29, 1.82) is 0 Å². The van der Waals surface area contributed by atoms with Crippen molar-refractivity contribution >= 4 is 15.9 Å². The van der Waals surface area contributed by atoms with Gasteiger partial charge in [0, 0.05) is 11.0 Å². The van der Waals surface area contributed by atoms with Gasteiger partial charge in [-0.2, -0.15) is 0 Å². The normalized spacial score (nSPS) is 10.4. The third-order valence-electron chi connectivity index (χ3n) is 2.40. The second-order valence-corrected chi connectivity index (χ2v) is 4.77. The van der Waals surface area contributed by atoms with E-state index in [0.717, 1.165) is 16.6 Å². The molecule has 0 radical (unpaired) electrons. The molecule has 2 aromatic carbocycles. The van der Waals surface area contributed by atoms with Gasteiger partial charge in [-0.05, 0) is 42.9 Å². The molecular weight excluding hydrogens is 297 g/mol. The smallest absolute Gasteiger partial charge is 0.165 e. The molecule has 0 heterocycles. The molecule has 0 amide bonds. The molecule has 0 spiro atoms. The first kappa shape index (κ1) is 13.1. The van der Waals surface area contributed by atoms with Gasteiger partial charge in [-0.1, -0.05) is 28.1 Å². The fourth-order valence-corrected chi connectivity index (χ4v) is 1.95. The first-order chi connectivity index (χ1) is 8.69. The van der Waals surface area contributed by atoms with Crippen molar-refractivity contribution in [3.63, 3.8) is 0 Å². The standard InChI is InChI=1S/C14H13BrFNO/c1-17-9-10-3-2-4-12(7-10)18-14-8-11(15)5-6-13(14)16/h2-8,17H,9H2,1H3. The molecule has 0 bridgehead atoms. The monoisotopic (exact) mass is 309 g/mol. The van der Waals surface area contributed by atoms with Crippen LogP contribution < -0.4 is 10.1 Å². The molecule has 0 unspecified atom stereocenters. The molecule has 0 saturated carbocycles. The lowest BCUT2D eigenvalue weighted by Crippen LogP contribution is -2.04. The van der Waals surface area contributed by atoms with Crippen LogP contribution in [0.4, 0.5) is 4.39 Å². The van der Waals surface area contributed by atoms with Gasteiger partial charge in [-0.15, -0.1) is 0 Å². The van der Waals surface area contributed by atoms with E-state index >= 15 is 0 Å². The zero-order valence-electron chi connectivity index (χ0n) is 9.91. The van der Waals surface area contributed by atoms with Crippen molar-refractivity contribution < 1.29 is 9.13 Å². The average molecular weight is 310 g/mol. The van der Waals surface area contributed by atoms with E-state index in [1.54, 1.807) is 18.2 Å². The van der Waals surface area contributed by atoms with Gasteiger partial charge >= 0.3 is 0 Å².